The Kier molecular flexibility index (Phi) is 21.8. The van der Waals surface area contributed by atoms with Crippen molar-refractivity contribution in [1.29, 1.82) is 15.8 Å². The molecule has 538 valence electrons. The van der Waals surface area contributed by atoms with E-state index in [0.717, 1.165) is 128 Å². The molecule has 105 heavy (non-hydrogen) atoms. The molecule has 0 unspecified atom stereocenters. The Morgan fingerprint density at radius 1 is 0.486 bits per heavy atom. The van der Waals surface area contributed by atoms with Crippen molar-refractivity contribution in [1.82, 2.24) is 33.9 Å². The van der Waals surface area contributed by atoms with Crippen LogP contribution >= 0.6 is 0 Å². The Bertz CT molecular complexity index is 4940. The van der Waals surface area contributed by atoms with E-state index in [-0.39, 0.29) is 34.7 Å². The summed E-state index contributed by atoms with van der Waals surface area (Å²) in [5, 5.41) is 30.8. The van der Waals surface area contributed by atoms with Gasteiger partial charge in [0.1, 0.15) is 58.9 Å². The van der Waals surface area contributed by atoms with E-state index >= 15 is 0 Å². The Hall–Kier alpha value is -10.3. The lowest BCUT2D eigenvalue weighted by Crippen LogP contribution is -2.41. The molecule has 6 fully saturated rings. The number of nitrogens with one attached hydrogen (secondary N) is 1. The molecule has 0 radical (unpaired) electrons. The SMILES string of the molecule is CC1(C)OB(c2cnc(OC3CCOCC3)c(C#N)c2)OC1(C)C.N#Cc1cc(-c2ccnc3[nH]c(-c4ccc(N5CCOCC5)cc4)cc23)cnc1OC1CCOCC1.N#Cc1cc(-c2ccnc3c2cc(-c2ccc(N4CCOCC4)cc2)n3S(=O)(=O)c2ccccc2)cnc1OC1CCOCC1. The highest BCUT2D eigenvalue weighted by Crippen LogP contribution is 2.41. The molecule has 0 amide bonds. The van der Waals surface area contributed by atoms with Gasteiger partial charge in [-0.25, -0.2) is 37.3 Å². The van der Waals surface area contributed by atoms with Crippen molar-refractivity contribution in [2.75, 3.05) is 102 Å². The summed E-state index contributed by atoms with van der Waals surface area (Å²) in [5.41, 5.74) is 10.8. The summed E-state index contributed by atoms with van der Waals surface area (Å²) in [6.07, 6.45) is 13.2. The number of hydrogen-bond acceptors (Lipinski definition) is 22. The minimum absolute atomic E-state index is 0.0266. The van der Waals surface area contributed by atoms with Gasteiger partial charge in [-0.3, -0.25) is 0 Å². The van der Waals surface area contributed by atoms with Crippen LogP contribution in [0.1, 0.15) is 82.9 Å². The number of hydrogen-bond donors (Lipinski definition) is 1. The second kappa shape index (κ2) is 32.0. The van der Waals surface area contributed by atoms with Crippen LogP contribution in [0.2, 0.25) is 0 Å². The van der Waals surface area contributed by atoms with Crippen LogP contribution in [0.3, 0.4) is 0 Å². The van der Waals surface area contributed by atoms with Crippen molar-refractivity contribution >= 4 is 56.0 Å². The summed E-state index contributed by atoms with van der Waals surface area (Å²) in [7, 11) is -4.57. The number of nitriles is 3. The number of pyridine rings is 5. The van der Waals surface area contributed by atoms with Gasteiger partial charge >= 0.3 is 7.12 Å². The first-order valence-electron chi connectivity index (χ1n) is 35.6. The molecule has 1 N–H and O–H groups in total. The molecule has 3 aromatic carbocycles. The number of aromatic amines is 1. The maximum Gasteiger partial charge on any atom is 0.496 e. The number of benzene rings is 3. The van der Waals surface area contributed by atoms with Crippen LogP contribution in [0.15, 0.2) is 157 Å². The standard InChI is InChI=1S/C34H31N5O5S.C28H27N5O3.C17H23BN2O4/c35-22-25-20-26(23-37-34(25)44-28-11-16-42-17-12-28)30-10-13-36-33-31(30)21-32(39(33)45(40,41)29-4-2-1-3-5-29)24-6-8-27(9-7-24)38-14-18-43-19-15-38;29-17-20-15-21(18-31-28(20)36-23-6-11-34-12-7-23)24-5-8-30-27-25(24)16-26(32-27)19-1-3-22(4-2-19)33-9-13-35-14-10-33;1-16(2)17(3,4)24-18(23-16)13-9-12(10-19)15(20-11-13)22-14-5-7-21-8-6-14/h1-10,13,20-21,23,28H,11-12,14-19H2;1-5,8,15-16,18,23H,6-7,9-14H2,(H,30,32);9,11,14H,5-8H2,1-4H3. The zero-order valence-electron chi connectivity index (χ0n) is 59.1. The zero-order valence-corrected chi connectivity index (χ0v) is 59.9. The minimum Gasteiger partial charge on any atom is -0.473 e. The lowest BCUT2D eigenvalue weighted by molar-refractivity contribution is 0.00578. The fraction of sp³-hybridized carbons (Fsp3) is 0.367. The summed E-state index contributed by atoms with van der Waals surface area (Å²) in [5.74, 6) is 1.03. The van der Waals surface area contributed by atoms with Crippen LogP contribution in [-0.2, 0) is 43.0 Å². The molecule has 10 aromatic rings. The van der Waals surface area contributed by atoms with Crippen LogP contribution in [0.4, 0.5) is 11.4 Å². The van der Waals surface area contributed by atoms with Crippen molar-refractivity contribution in [2.45, 2.75) is 101 Å². The van der Waals surface area contributed by atoms with Crippen molar-refractivity contribution < 1.29 is 55.6 Å². The third-order valence-electron chi connectivity index (χ3n) is 20.0. The summed E-state index contributed by atoms with van der Waals surface area (Å²) in [6.45, 7) is 18.2. The van der Waals surface area contributed by atoms with Crippen LogP contribution in [0.5, 0.6) is 17.6 Å². The van der Waals surface area contributed by atoms with Crippen molar-refractivity contribution in [2.24, 2.45) is 0 Å². The highest BCUT2D eigenvalue weighted by molar-refractivity contribution is 7.90. The molecule has 16 rings (SSSR count). The number of morpholine rings is 2. The fourth-order valence-corrected chi connectivity index (χ4v) is 14.9. The minimum atomic E-state index is -4.04. The normalized spacial score (nSPS) is 17.9. The van der Waals surface area contributed by atoms with Gasteiger partial charge in [0.05, 0.1) is 87.9 Å². The third-order valence-corrected chi connectivity index (χ3v) is 21.7. The molecule has 0 spiro atoms. The lowest BCUT2D eigenvalue weighted by Gasteiger charge is -2.32. The molecule has 0 atom stereocenters. The van der Waals surface area contributed by atoms with Gasteiger partial charge in [-0.15, -0.1) is 0 Å². The van der Waals surface area contributed by atoms with E-state index < -0.39 is 28.3 Å². The Morgan fingerprint density at radius 2 is 0.924 bits per heavy atom. The van der Waals surface area contributed by atoms with Gasteiger partial charge in [-0.2, -0.15) is 15.8 Å². The number of aromatic nitrogens is 7. The second-order valence-electron chi connectivity index (χ2n) is 27.3. The fourth-order valence-electron chi connectivity index (χ4n) is 13.4. The number of fused-ring (bicyclic) bond motifs is 2. The van der Waals surface area contributed by atoms with Crippen LogP contribution in [0.25, 0.3) is 66.8 Å². The topological polar surface area (TPSA) is 289 Å². The number of H-pyrrole nitrogens is 1. The van der Waals surface area contributed by atoms with Crippen LogP contribution < -0.4 is 29.5 Å². The molecule has 7 aromatic heterocycles. The Morgan fingerprint density at radius 3 is 1.41 bits per heavy atom. The molecular weight excluding hydrogens is 1350 g/mol. The van der Waals surface area contributed by atoms with E-state index in [0.29, 0.717) is 104 Å². The highest BCUT2D eigenvalue weighted by atomic mass is 32.2. The first-order chi connectivity index (χ1) is 51.1. The molecule has 6 aliphatic rings. The predicted molar refractivity (Wildman–Crippen MR) is 396 cm³/mol. The molecule has 24 nitrogen and oxygen atoms in total. The smallest absolute Gasteiger partial charge is 0.473 e. The number of rotatable bonds is 15. The third kappa shape index (κ3) is 16.0. The average Bonchev–Trinajstić information content (AvgIpc) is 1.60. The summed E-state index contributed by atoms with van der Waals surface area (Å²) >= 11 is 0. The molecule has 26 heteroatoms. The summed E-state index contributed by atoms with van der Waals surface area (Å²) < 4.78 is 86.8. The largest absolute Gasteiger partial charge is 0.496 e. The molecule has 6 saturated heterocycles. The lowest BCUT2D eigenvalue weighted by atomic mass is 9.80. The molecule has 13 heterocycles. The summed E-state index contributed by atoms with van der Waals surface area (Å²) in [6, 6.07) is 44.5. The molecular formula is C79H81BN12O12S. The zero-order chi connectivity index (χ0) is 72.5. The monoisotopic (exact) mass is 1430 g/mol. The van der Waals surface area contributed by atoms with E-state index in [1.165, 1.54) is 9.66 Å². The van der Waals surface area contributed by atoms with Crippen LogP contribution in [-0.4, -0.2) is 171 Å². The van der Waals surface area contributed by atoms with Gasteiger partial charge in [-0.1, -0.05) is 42.5 Å². The van der Waals surface area contributed by atoms with E-state index in [1.54, 1.807) is 73.4 Å². The Balaban J connectivity index is 0.000000139. The first kappa shape index (κ1) is 71.7. The maximum absolute atomic E-state index is 14.2. The quantitative estimate of drug-likeness (QED) is 0.0933. The van der Waals surface area contributed by atoms with Gasteiger partial charge in [0.15, 0.2) is 5.65 Å². The number of ether oxygens (including phenoxy) is 8. The van der Waals surface area contributed by atoms with Gasteiger partial charge in [0, 0.05) is 140 Å². The van der Waals surface area contributed by atoms with E-state index in [2.05, 4.69) is 88.2 Å². The highest BCUT2D eigenvalue weighted by Gasteiger charge is 2.52. The van der Waals surface area contributed by atoms with Gasteiger partial charge in [0.2, 0.25) is 17.6 Å². The molecule has 0 aliphatic carbocycles. The summed E-state index contributed by atoms with van der Waals surface area (Å²) in [4.78, 5) is 30.7. The second-order valence-corrected chi connectivity index (χ2v) is 29.1. The van der Waals surface area contributed by atoms with Crippen LogP contribution in [0, 0.1) is 34.0 Å². The molecule has 6 aliphatic heterocycles. The van der Waals surface area contributed by atoms with Gasteiger partial charge < -0.3 is 62.0 Å². The van der Waals surface area contributed by atoms with E-state index in [4.69, 9.17) is 47.2 Å². The van der Waals surface area contributed by atoms with Crippen molar-refractivity contribution in [3.63, 3.8) is 0 Å². The van der Waals surface area contributed by atoms with Crippen molar-refractivity contribution in [3.05, 3.63) is 169 Å². The average molecular weight is 1430 g/mol. The number of anilines is 2. The van der Waals surface area contributed by atoms with E-state index in [9.17, 15) is 24.2 Å². The first-order valence-corrected chi connectivity index (χ1v) is 37.0. The maximum atomic E-state index is 14.2. The van der Waals surface area contributed by atoms with Gasteiger partial charge in [0.25, 0.3) is 10.0 Å². The molecule has 0 saturated carbocycles. The van der Waals surface area contributed by atoms with E-state index in [1.807, 2.05) is 76.2 Å². The predicted octanol–water partition coefficient (Wildman–Crippen LogP) is 11.6. The van der Waals surface area contributed by atoms with Crippen molar-refractivity contribution in [3.8, 4) is 80.6 Å². The number of nitrogens with zero attached hydrogens (tertiary/aromatic N) is 11. The molecule has 0 bridgehead atoms. The van der Waals surface area contributed by atoms with Gasteiger partial charge in [-0.05, 0) is 129 Å². The Labute approximate surface area is 610 Å².